The van der Waals surface area contributed by atoms with E-state index in [4.69, 9.17) is 4.74 Å². The van der Waals surface area contributed by atoms with Crippen LogP contribution in [-0.2, 0) is 14.3 Å². The van der Waals surface area contributed by atoms with Crippen LogP contribution >= 0.6 is 11.8 Å². The van der Waals surface area contributed by atoms with Crippen molar-refractivity contribution in [1.82, 2.24) is 4.90 Å². The van der Waals surface area contributed by atoms with Crippen molar-refractivity contribution >= 4 is 40.1 Å². The monoisotopic (exact) mass is 463 g/mol. The van der Waals surface area contributed by atoms with E-state index in [1.54, 1.807) is 12.1 Å². The van der Waals surface area contributed by atoms with Crippen molar-refractivity contribution in [2.24, 2.45) is 4.99 Å². The fourth-order valence-corrected chi connectivity index (χ4v) is 4.13. The van der Waals surface area contributed by atoms with Gasteiger partial charge in [0, 0.05) is 19.2 Å². The number of thioether (sulfide) groups is 1. The first-order valence-corrected chi connectivity index (χ1v) is 10.7. The minimum Gasteiger partial charge on any atom is -0.435 e. The SMILES string of the molecule is COCCN1C(=O)C(CC(=O)Nc2ccc(C)cc2)SC1=Nc1ccc(OC(F)F)cc1. The number of aliphatic imine (C=N–C) groups is 1. The number of nitrogens with one attached hydrogen (secondary N) is 1. The molecule has 0 aromatic heterocycles. The molecule has 2 aromatic carbocycles. The van der Waals surface area contributed by atoms with Crippen molar-refractivity contribution in [2.75, 3.05) is 25.6 Å². The van der Waals surface area contributed by atoms with Crippen LogP contribution in [0.15, 0.2) is 53.5 Å². The quantitative estimate of drug-likeness (QED) is 0.603. The van der Waals surface area contributed by atoms with Gasteiger partial charge in [-0.15, -0.1) is 0 Å². The smallest absolute Gasteiger partial charge is 0.387 e. The Morgan fingerprint density at radius 2 is 1.88 bits per heavy atom. The number of alkyl halides is 2. The Hall–Kier alpha value is -2.98. The number of benzene rings is 2. The number of hydrogen-bond acceptors (Lipinski definition) is 6. The van der Waals surface area contributed by atoms with Crippen LogP contribution in [0.4, 0.5) is 20.2 Å². The lowest BCUT2D eigenvalue weighted by molar-refractivity contribution is -0.128. The van der Waals surface area contributed by atoms with Crippen LogP contribution in [0.3, 0.4) is 0 Å². The molecule has 10 heteroatoms. The molecule has 7 nitrogen and oxygen atoms in total. The highest BCUT2D eigenvalue weighted by Crippen LogP contribution is 2.32. The summed E-state index contributed by atoms with van der Waals surface area (Å²) >= 11 is 1.19. The lowest BCUT2D eigenvalue weighted by Gasteiger charge is -2.15. The van der Waals surface area contributed by atoms with Crippen LogP contribution < -0.4 is 10.1 Å². The normalized spacial score (nSPS) is 17.3. The number of amidine groups is 1. The van der Waals surface area contributed by atoms with Crippen molar-refractivity contribution < 1.29 is 27.8 Å². The third-order valence-corrected chi connectivity index (χ3v) is 5.71. The zero-order valence-corrected chi connectivity index (χ0v) is 18.4. The molecular formula is C22H23F2N3O4S. The molecule has 1 aliphatic heterocycles. The van der Waals surface area contributed by atoms with Gasteiger partial charge in [0.25, 0.3) is 0 Å². The van der Waals surface area contributed by atoms with Gasteiger partial charge in [0.2, 0.25) is 11.8 Å². The number of methoxy groups -OCH3 is 1. The number of nitrogens with zero attached hydrogens (tertiary/aromatic N) is 2. The number of ether oxygens (including phenoxy) is 2. The first-order valence-electron chi connectivity index (χ1n) is 9.83. The van der Waals surface area contributed by atoms with Gasteiger partial charge in [-0.2, -0.15) is 8.78 Å². The lowest BCUT2D eigenvalue weighted by atomic mass is 10.2. The molecule has 1 atom stereocenters. The molecule has 0 aliphatic carbocycles. The lowest BCUT2D eigenvalue weighted by Crippen LogP contribution is -2.35. The summed E-state index contributed by atoms with van der Waals surface area (Å²) in [7, 11) is 1.53. The Morgan fingerprint density at radius 3 is 2.50 bits per heavy atom. The van der Waals surface area contributed by atoms with E-state index in [0.717, 1.165) is 5.56 Å². The summed E-state index contributed by atoms with van der Waals surface area (Å²) in [6.07, 6.45) is -0.0129. The summed E-state index contributed by atoms with van der Waals surface area (Å²) in [5.41, 5.74) is 2.20. The predicted molar refractivity (Wildman–Crippen MR) is 120 cm³/mol. The number of carbonyl (C=O) groups is 2. The second-order valence-electron chi connectivity index (χ2n) is 6.97. The molecule has 32 heavy (non-hydrogen) atoms. The summed E-state index contributed by atoms with van der Waals surface area (Å²) in [5.74, 6) is -0.496. The summed E-state index contributed by atoms with van der Waals surface area (Å²) in [4.78, 5) is 31.3. The Kier molecular flexibility index (Phi) is 8.18. The van der Waals surface area contributed by atoms with Crippen LogP contribution in [0.2, 0.25) is 0 Å². The van der Waals surface area contributed by atoms with E-state index < -0.39 is 11.9 Å². The van der Waals surface area contributed by atoms with Gasteiger partial charge in [-0.3, -0.25) is 14.5 Å². The molecule has 0 spiro atoms. The first kappa shape index (κ1) is 23.7. The molecule has 1 unspecified atom stereocenters. The largest absolute Gasteiger partial charge is 0.435 e. The van der Waals surface area contributed by atoms with E-state index in [1.807, 2.05) is 19.1 Å². The topological polar surface area (TPSA) is 80.2 Å². The third kappa shape index (κ3) is 6.51. The van der Waals surface area contributed by atoms with Gasteiger partial charge in [-0.25, -0.2) is 4.99 Å². The summed E-state index contributed by atoms with van der Waals surface area (Å²) in [6, 6.07) is 13.2. The zero-order chi connectivity index (χ0) is 23.1. The highest BCUT2D eigenvalue weighted by molar-refractivity contribution is 8.15. The molecule has 2 aromatic rings. The number of carbonyl (C=O) groups excluding carboxylic acids is 2. The van der Waals surface area contributed by atoms with Crippen LogP contribution in [0.25, 0.3) is 0 Å². The molecule has 1 N–H and O–H groups in total. The van der Waals surface area contributed by atoms with E-state index in [-0.39, 0.29) is 30.5 Å². The van der Waals surface area contributed by atoms with Crippen LogP contribution in [-0.4, -0.2) is 54.0 Å². The van der Waals surface area contributed by atoms with Crippen molar-refractivity contribution in [3.05, 3.63) is 54.1 Å². The van der Waals surface area contributed by atoms with Gasteiger partial charge in [0.1, 0.15) is 11.0 Å². The molecule has 1 fully saturated rings. The van der Waals surface area contributed by atoms with E-state index in [2.05, 4.69) is 15.0 Å². The second-order valence-corrected chi connectivity index (χ2v) is 8.14. The van der Waals surface area contributed by atoms with Gasteiger partial charge < -0.3 is 14.8 Å². The van der Waals surface area contributed by atoms with Crippen molar-refractivity contribution in [2.45, 2.75) is 25.2 Å². The molecule has 0 saturated carbocycles. The third-order valence-electron chi connectivity index (χ3n) is 4.53. The molecular weight excluding hydrogens is 440 g/mol. The van der Waals surface area contributed by atoms with Crippen LogP contribution in [0.1, 0.15) is 12.0 Å². The maximum absolute atomic E-state index is 12.9. The molecule has 1 saturated heterocycles. The second kappa shape index (κ2) is 11.1. The fraction of sp³-hybridized carbons (Fsp3) is 0.318. The standard InChI is InChI=1S/C22H23F2N3O4S/c1-14-3-5-15(6-4-14)25-19(28)13-18-20(29)27(11-12-30-2)22(32-18)26-16-7-9-17(10-8-16)31-21(23)24/h3-10,18,21H,11-13H2,1-2H3,(H,25,28). The summed E-state index contributed by atoms with van der Waals surface area (Å²) in [6.45, 7) is -0.376. The van der Waals surface area contributed by atoms with Crippen LogP contribution in [0, 0.1) is 6.92 Å². The summed E-state index contributed by atoms with van der Waals surface area (Å²) in [5, 5.41) is 2.59. The van der Waals surface area contributed by atoms with Gasteiger partial charge in [0.15, 0.2) is 5.17 Å². The molecule has 1 heterocycles. The van der Waals surface area contributed by atoms with Crippen LogP contribution in [0.5, 0.6) is 5.75 Å². The number of hydrogen-bond donors (Lipinski definition) is 1. The number of anilines is 1. The number of halogens is 2. The highest BCUT2D eigenvalue weighted by Gasteiger charge is 2.39. The maximum atomic E-state index is 12.9. The highest BCUT2D eigenvalue weighted by atomic mass is 32.2. The Bertz CT molecular complexity index is 968. The van der Waals surface area contributed by atoms with Crippen molar-refractivity contribution in [3.8, 4) is 5.75 Å². The molecule has 170 valence electrons. The Balaban J connectivity index is 1.71. The van der Waals surface area contributed by atoms with Crippen molar-refractivity contribution in [3.63, 3.8) is 0 Å². The molecule has 0 radical (unpaired) electrons. The van der Waals surface area contributed by atoms with E-state index >= 15 is 0 Å². The van der Waals surface area contributed by atoms with Gasteiger partial charge in [-0.1, -0.05) is 29.5 Å². The van der Waals surface area contributed by atoms with Gasteiger partial charge in [-0.05, 0) is 43.3 Å². The predicted octanol–water partition coefficient (Wildman–Crippen LogP) is 4.20. The Morgan fingerprint density at radius 1 is 1.19 bits per heavy atom. The fourth-order valence-electron chi connectivity index (χ4n) is 2.94. The summed E-state index contributed by atoms with van der Waals surface area (Å²) < 4.78 is 34.1. The van der Waals surface area contributed by atoms with Crippen molar-refractivity contribution in [1.29, 1.82) is 0 Å². The zero-order valence-electron chi connectivity index (χ0n) is 17.6. The minimum atomic E-state index is -2.91. The van der Waals surface area contributed by atoms with E-state index in [1.165, 1.54) is 48.0 Å². The van der Waals surface area contributed by atoms with E-state index in [0.29, 0.717) is 23.1 Å². The minimum absolute atomic E-state index is 0.0129. The maximum Gasteiger partial charge on any atom is 0.387 e. The first-order chi connectivity index (χ1) is 15.4. The number of rotatable bonds is 9. The molecule has 3 rings (SSSR count). The molecule has 0 bridgehead atoms. The number of amides is 2. The van der Waals surface area contributed by atoms with Gasteiger partial charge >= 0.3 is 6.61 Å². The molecule has 2 amide bonds. The average molecular weight is 464 g/mol. The van der Waals surface area contributed by atoms with E-state index in [9.17, 15) is 18.4 Å². The number of aryl methyl sites for hydroxylation is 1. The Labute approximate surface area is 188 Å². The molecule has 1 aliphatic rings. The van der Waals surface area contributed by atoms with Gasteiger partial charge in [0.05, 0.1) is 18.8 Å². The average Bonchev–Trinajstić information content (AvgIpc) is 3.03.